The van der Waals surface area contributed by atoms with Crippen LogP contribution in [0.5, 0.6) is 0 Å². The SMILES string of the molecule is O=NC1=C=CCC=C1. The van der Waals surface area contributed by atoms with E-state index in [-0.39, 0.29) is 0 Å². The Labute approximate surface area is 47.2 Å². The lowest BCUT2D eigenvalue weighted by Gasteiger charge is -1.85. The van der Waals surface area contributed by atoms with Gasteiger partial charge in [0.2, 0.25) is 0 Å². The van der Waals surface area contributed by atoms with Crippen molar-refractivity contribution >= 4 is 0 Å². The second kappa shape index (κ2) is 2.24. The molecule has 0 radical (unpaired) electrons. The highest BCUT2D eigenvalue weighted by Crippen LogP contribution is 2.02. The fourth-order valence-corrected chi connectivity index (χ4v) is 0.516. The van der Waals surface area contributed by atoms with Crippen LogP contribution in [0.25, 0.3) is 0 Å². The lowest BCUT2D eigenvalue weighted by atomic mass is 10.2. The van der Waals surface area contributed by atoms with Crippen molar-refractivity contribution in [2.45, 2.75) is 6.42 Å². The minimum absolute atomic E-state index is 0.385. The zero-order valence-electron chi connectivity index (χ0n) is 4.29. The maximum Gasteiger partial charge on any atom is 0.149 e. The first kappa shape index (κ1) is 5.01. The van der Waals surface area contributed by atoms with Crippen molar-refractivity contribution in [1.82, 2.24) is 0 Å². The van der Waals surface area contributed by atoms with Crippen LogP contribution in [-0.4, -0.2) is 0 Å². The van der Waals surface area contributed by atoms with Crippen LogP contribution in [0.15, 0.2) is 34.8 Å². The second-order valence-corrected chi connectivity index (χ2v) is 1.46. The molecule has 0 unspecified atom stereocenters. The highest BCUT2D eigenvalue weighted by Gasteiger charge is 1.87. The molecule has 0 saturated heterocycles. The van der Waals surface area contributed by atoms with E-state index in [2.05, 4.69) is 10.9 Å². The molecular weight excluding hydrogens is 102 g/mol. The number of nitrogens with zero attached hydrogens (tertiary/aromatic N) is 1. The van der Waals surface area contributed by atoms with E-state index >= 15 is 0 Å². The van der Waals surface area contributed by atoms with Gasteiger partial charge in [-0.15, -0.1) is 4.91 Å². The maximum atomic E-state index is 9.74. The van der Waals surface area contributed by atoms with Crippen molar-refractivity contribution in [3.63, 3.8) is 0 Å². The van der Waals surface area contributed by atoms with Crippen molar-refractivity contribution in [2.24, 2.45) is 5.18 Å². The molecule has 0 spiro atoms. The number of hydrogen-bond donors (Lipinski definition) is 0. The van der Waals surface area contributed by atoms with E-state index in [0.29, 0.717) is 5.70 Å². The van der Waals surface area contributed by atoms with Crippen LogP contribution in [0.2, 0.25) is 0 Å². The van der Waals surface area contributed by atoms with Gasteiger partial charge in [0, 0.05) is 0 Å². The van der Waals surface area contributed by atoms with Gasteiger partial charge >= 0.3 is 0 Å². The molecule has 0 bridgehead atoms. The van der Waals surface area contributed by atoms with Crippen molar-refractivity contribution in [2.75, 3.05) is 0 Å². The number of nitroso groups, excluding NO2 is 1. The average molecular weight is 107 g/mol. The molecule has 0 fully saturated rings. The van der Waals surface area contributed by atoms with Gasteiger partial charge in [0.25, 0.3) is 0 Å². The molecule has 0 heterocycles. The van der Waals surface area contributed by atoms with Crippen molar-refractivity contribution in [3.05, 3.63) is 34.6 Å². The summed E-state index contributed by atoms with van der Waals surface area (Å²) in [5.74, 6) is 0. The molecule has 40 valence electrons. The Hall–Kier alpha value is -1.14. The molecule has 0 saturated carbocycles. The molecule has 2 nitrogen and oxygen atoms in total. The van der Waals surface area contributed by atoms with Crippen LogP contribution in [0, 0.1) is 4.91 Å². The molecule has 1 rings (SSSR count). The van der Waals surface area contributed by atoms with E-state index < -0.39 is 0 Å². The van der Waals surface area contributed by atoms with Gasteiger partial charge in [-0.3, -0.25) is 0 Å². The van der Waals surface area contributed by atoms with E-state index in [0.717, 1.165) is 6.42 Å². The Kier molecular flexibility index (Phi) is 1.40. The zero-order chi connectivity index (χ0) is 5.82. The van der Waals surface area contributed by atoms with E-state index in [4.69, 9.17) is 0 Å². The second-order valence-electron chi connectivity index (χ2n) is 1.46. The maximum absolute atomic E-state index is 9.74. The van der Waals surface area contributed by atoms with Crippen LogP contribution in [0.1, 0.15) is 6.42 Å². The summed E-state index contributed by atoms with van der Waals surface area (Å²) in [5, 5.41) is 2.68. The molecule has 0 aliphatic heterocycles. The highest BCUT2D eigenvalue weighted by molar-refractivity contribution is 5.20. The van der Waals surface area contributed by atoms with E-state index in [1.807, 2.05) is 6.08 Å². The molecule has 0 N–H and O–H groups in total. The summed E-state index contributed by atoms with van der Waals surface area (Å²) >= 11 is 0. The first-order valence-electron chi connectivity index (χ1n) is 2.38. The van der Waals surface area contributed by atoms with Gasteiger partial charge in [0.15, 0.2) is 0 Å². The molecular formula is C6H5NO. The first-order valence-corrected chi connectivity index (χ1v) is 2.38. The predicted octanol–water partition coefficient (Wildman–Crippen LogP) is 1.75. The molecule has 8 heavy (non-hydrogen) atoms. The monoisotopic (exact) mass is 107 g/mol. The van der Waals surface area contributed by atoms with Gasteiger partial charge in [-0.25, -0.2) is 0 Å². The third-order valence-electron chi connectivity index (χ3n) is 0.878. The minimum atomic E-state index is 0.385. The largest absolute Gasteiger partial charge is 0.149 e. The lowest BCUT2D eigenvalue weighted by Crippen LogP contribution is -1.70. The van der Waals surface area contributed by atoms with Crippen molar-refractivity contribution in [1.29, 1.82) is 0 Å². The molecule has 0 aromatic carbocycles. The van der Waals surface area contributed by atoms with Gasteiger partial charge < -0.3 is 0 Å². The summed E-state index contributed by atoms with van der Waals surface area (Å²) in [6.07, 6.45) is 6.16. The Morgan fingerprint density at radius 2 is 2.62 bits per heavy atom. The van der Waals surface area contributed by atoms with E-state index in [1.54, 1.807) is 12.2 Å². The first-order chi connectivity index (χ1) is 3.93. The summed E-state index contributed by atoms with van der Waals surface area (Å²) in [6.45, 7) is 0. The van der Waals surface area contributed by atoms with Crippen LogP contribution in [0.3, 0.4) is 0 Å². The van der Waals surface area contributed by atoms with Crippen molar-refractivity contribution in [3.8, 4) is 0 Å². The fraction of sp³-hybridized carbons (Fsp3) is 0.167. The highest BCUT2D eigenvalue weighted by atomic mass is 16.3. The van der Waals surface area contributed by atoms with Crippen molar-refractivity contribution < 1.29 is 0 Å². The number of allylic oxidation sites excluding steroid dienone is 2. The van der Waals surface area contributed by atoms with Gasteiger partial charge in [0.1, 0.15) is 5.70 Å². The Bertz CT molecular complexity index is 185. The molecule has 0 aromatic rings. The lowest BCUT2D eigenvalue weighted by molar-refractivity contribution is 1.29. The summed E-state index contributed by atoms with van der Waals surface area (Å²) in [6, 6.07) is 0. The minimum Gasteiger partial charge on any atom is -0.144 e. The summed E-state index contributed by atoms with van der Waals surface area (Å²) in [4.78, 5) is 9.74. The Morgan fingerprint density at radius 3 is 3.00 bits per heavy atom. The normalized spacial score (nSPS) is 15.8. The number of hydrogen-bond acceptors (Lipinski definition) is 2. The van der Waals surface area contributed by atoms with Crippen LogP contribution in [0.4, 0.5) is 0 Å². The topological polar surface area (TPSA) is 29.4 Å². The van der Waals surface area contributed by atoms with Gasteiger partial charge in [-0.05, 0) is 23.7 Å². The Morgan fingerprint density at radius 1 is 1.75 bits per heavy atom. The molecule has 1 aliphatic rings. The molecule has 0 amide bonds. The van der Waals surface area contributed by atoms with Gasteiger partial charge in [-0.1, -0.05) is 11.8 Å². The molecule has 2 heteroatoms. The molecule has 0 atom stereocenters. The average Bonchev–Trinajstić information content (AvgIpc) is 1.90. The smallest absolute Gasteiger partial charge is 0.144 e. The summed E-state index contributed by atoms with van der Waals surface area (Å²) < 4.78 is 0. The third-order valence-corrected chi connectivity index (χ3v) is 0.878. The van der Waals surface area contributed by atoms with Gasteiger partial charge in [0.05, 0.1) is 0 Å². The molecule has 0 aromatic heterocycles. The number of rotatable bonds is 1. The quantitative estimate of drug-likeness (QED) is 0.370. The van der Waals surface area contributed by atoms with Crippen LogP contribution < -0.4 is 0 Å². The zero-order valence-corrected chi connectivity index (χ0v) is 4.29. The van der Waals surface area contributed by atoms with Crippen LogP contribution >= 0.6 is 0 Å². The van der Waals surface area contributed by atoms with E-state index in [1.165, 1.54) is 0 Å². The van der Waals surface area contributed by atoms with E-state index in [9.17, 15) is 4.91 Å². The summed E-state index contributed by atoms with van der Waals surface area (Å²) in [5.41, 5.74) is 3.08. The summed E-state index contributed by atoms with van der Waals surface area (Å²) in [7, 11) is 0. The fourth-order valence-electron chi connectivity index (χ4n) is 0.516. The third kappa shape index (κ3) is 0.922. The van der Waals surface area contributed by atoms with Gasteiger partial charge in [-0.2, -0.15) is 0 Å². The standard InChI is InChI=1S/C6H5NO/c8-7-6-4-2-1-3-5-6/h2-4H,1H2. The predicted molar refractivity (Wildman–Crippen MR) is 31.1 cm³/mol. The van der Waals surface area contributed by atoms with Crippen LogP contribution in [-0.2, 0) is 0 Å². The molecule has 1 aliphatic carbocycles. The Balaban J connectivity index is 2.90.